The summed E-state index contributed by atoms with van der Waals surface area (Å²) >= 11 is 2.35. The van der Waals surface area contributed by atoms with Crippen molar-refractivity contribution >= 4 is 55.5 Å². The van der Waals surface area contributed by atoms with Crippen molar-refractivity contribution in [3.05, 3.63) is 56.4 Å². The summed E-state index contributed by atoms with van der Waals surface area (Å²) in [7, 11) is 1.52. The summed E-state index contributed by atoms with van der Waals surface area (Å²) in [6.07, 6.45) is 1.30. The van der Waals surface area contributed by atoms with Crippen molar-refractivity contribution in [1.82, 2.24) is 19.7 Å². The number of para-hydroxylation sites is 2. The molecular weight excluding hydrogens is 452 g/mol. The van der Waals surface area contributed by atoms with Crippen molar-refractivity contribution in [1.29, 1.82) is 0 Å². The molecule has 4 rings (SSSR count). The van der Waals surface area contributed by atoms with Crippen molar-refractivity contribution in [3.63, 3.8) is 0 Å². The topological polar surface area (TPSA) is 128 Å². The van der Waals surface area contributed by atoms with Gasteiger partial charge in [0.25, 0.3) is 11.5 Å². The maximum atomic E-state index is 13.0. The number of hydrogen-bond acceptors (Lipinski definition) is 9. The lowest BCUT2D eigenvalue weighted by molar-refractivity contribution is -0.116. The Balaban J connectivity index is 1.60. The molecule has 2 amide bonds. The highest BCUT2D eigenvalue weighted by Crippen LogP contribution is 2.29. The summed E-state index contributed by atoms with van der Waals surface area (Å²) in [5.74, 6) is -0.270. The van der Waals surface area contributed by atoms with E-state index < -0.39 is 11.5 Å². The van der Waals surface area contributed by atoms with Gasteiger partial charge in [-0.05, 0) is 31.5 Å². The second-order valence-corrected chi connectivity index (χ2v) is 8.92. The zero-order valence-electron chi connectivity index (χ0n) is 17.3. The van der Waals surface area contributed by atoms with Crippen molar-refractivity contribution in [2.75, 3.05) is 17.7 Å². The fourth-order valence-corrected chi connectivity index (χ4v) is 4.72. The summed E-state index contributed by atoms with van der Waals surface area (Å²) in [6, 6.07) is 7.04. The first-order valence-corrected chi connectivity index (χ1v) is 11.0. The van der Waals surface area contributed by atoms with Gasteiger partial charge in [-0.15, -0.1) is 21.5 Å². The van der Waals surface area contributed by atoms with Crippen LogP contribution >= 0.6 is 22.7 Å². The van der Waals surface area contributed by atoms with E-state index in [1.807, 2.05) is 0 Å². The molecule has 0 fully saturated rings. The number of ether oxygens (including phenoxy) is 1. The number of thiophene rings is 1. The number of aromatic nitrogens is 4. The third-order valence-electron chi connectivity index (χ3n) is 4.57. The van der Waals surface area contributed by atoms with Crippen LogP contribution in [0, 0.1) is 13.8 Å². The highest BCUT2D eigenvalue weighted by molar-refractivity contribution is 7.20. The summed E-state index contributed by atoms with van der Waals surface area (Å²) < 4.78 is 6.47. The smallest absolute Gasteiger partial charge is 0.266 e. The molecule has 3 aromatic heterocycles. The summed E-state index contributed by atoms with van der Waals surface area (Å²) in [4.78, 5) is 43.3. The molecule has 0 spiro atoms. The van der Waals surface area contributed by atoms with Gasteiger partial charge in [0.1, 0.15) is 22.1 Å². The Kier molecular flexibility index (Phi) is 5.97. The summed E-state index contributed by atoms with van der Waals surface area (Å²) in [5.41, 5.74) is 0.624. The molecule has 0 radical (unpaired) electrons. The van der Waals surface area contributed by atoms with Crippen molar-refractivity contribution in [2.45, 2.75) is 20.4 Å². The molecular formula is C20H18N6O4S2. The van der Waals surface area contributed by atoms with Gasteiger partial charge in [-0.3, -0.25) is 24.3 Å². The Morgan fingerprint density at radius 2 is 1.91 bits per heavy atom. The molecule has 12 heteroatoms. The lowest BCUT2D eigenvalue weighted by Gasteiger charge is -2.09. The Hall–Kier alpha value is -3.64. The molecule has 10 nitrogen and oxygen atoms in total. The zero-order chi connectivity index (χ0) is 22.8. The fraction of sp³-hybridized carbons (Fsp3) is 0.200. The Morgan fingerprint density at radius 1 is 1.12 bits per heavy atom. The molecule has 0 aliphatic rings. The quantitative estimate of drug-likeness (QED) is 0.443. The molecule has 0 saturated carbocycles. The lowest BCUT2D eigenvalue weighted by atomic mass is 10.2. The first-order chi connectivity index (χ1) is 15.4. The standard InChI is InChI=1S/C20H18N6O4S2/c1-10-15-18(32-16(10)17(28)22-12-6-4-5-7-13(12)30-3)21-9-26(19(15)29)8-14(27)23-20-25-24-11(2)31-20/h4-7,9H,8H2,1-3H3,(H,22,28)(H,23,25,27). The number of methoxy groups -OCH3 is 1. The Labute approximate surface area is 189 Å². The van der Waals surface area contributed by atoms with Crippen LogP contribution < -0.4 is 20.9 Å². The normalized spacial score (nSPS) is 10.8. The second kappa shape index (κ2) is 8.85. The number of benzene rings is 1. The van der Waals surface area contributed by atoms with Crippen LogP contribution in [-0.2, 0) is 11.3 Å². The Morgan fingerprint density at radius 3 is 2.62 bits per heavy atom. The van der Waals surface area contributed by atoms with E-state index >= 15 is 0 Å². The van der Waals surface area contributed by atoms with Crippen LogP contribution in [-0.4, -0.2) is 38.7 Å². The third-order valence-corrected chi connectivity index (χ3v) is 6.52. The monoisotopic (exact) mass is 470 g/mol. The van der Waals surface area contributed by atoms with Gasteiger partial charge in [0.2, 0.25) is 11.0 Å². The summed E-state index contributed by atoms with van der Waals surface area (Å²) in [5, 5.41) is 14.5. The van der Waals surface area contributed by atoms with Crippen LogP contribution in [0.5, 0.6) is 5.75 Å². The van der Waals surface area contributed by atoms with Gasteiger partial charge in [0.15, 0.2) is 0 Å². The number of carbonyl (C=O) groups is 2. The number of amides is 2. The van der Waals surface area contributed by atoms with Crippen LogP contribution in [0.3, 0.4) is 0 Å². The van der Waals surface area contributed by atoms with E-state index in [-0.39, 0.29) is 12.5 Å². The first kappa shape index (κ1) is 21.6. The molecule has 3 heterocycles. The average Bonchev–Trinajstić information content (AvgIpc) is 3.33. The van der Waals surface area contributed by atoms with E-state index in [9.17, 15) is 14.4 Å². The number of carbonyl (C=O) groups excluding carboxylic acids is 2. The van der Waals surface area contributed by atoms with Crippen molar-refractivity contribution in [3.8, 4) is 5.75 Å². The van der Waals surface area contributed by atoms with Gasteiger partial charge in [-0.25, -0.2) is 4.98 Å². The van der Waals surface area contributed by atoms with Crippen molar-refractivity contribution < 1.29 is 14.3 Å². The van der Waals surface area contributed by atoms with Gasteiger partial charge in [0, 0.05) is 0 Å². The molecule has 0 atom stereocenters. The van der Waals surface area contributed by atoms with Gasteiger partial charge in [-0.2, -0.15) is 0 Å². The van der Waals surface area contributed by atoms with Gasteiger partial charge in [0.05, 0.1) is 29.4 Å². The molecule has 0 unspecified atom stereocenters. The van der Waals surface area contributed by atoms with Crippen LogP contribution in [0.4, 0.5) is 10.8 Å². The van der Waals surface area contributed by atoms with Gasteiger partial charge in [-0.1, -0.05) is 23.5 Å². The predicted molar refractivity (Wildman–Crippen MR) is 123 cm³/mol. The Bertz CT molecular complexity index is 1390. The molecule has 2 N–H and O–H groups in total. The van der Waals surface area contributed by atoms with E-state index in [0.29, 0.717) is 42.2 Å². The molecule has 0 bridgehead atoms. The number of nitrogens with zero attached hydrogens (tertiary/aromatic N) is 4. The third kappa shape index (κ3) is 4.22. The molecule has 1 aromatic carbocycles. The zero-order valence-corrected chi connectivity index (χ0v) is 19.0. The van der Waals surface area contributed by atoms with E-state index in [1.165, 1.54) is 29.3 Å². The fourth-order valence-electron chi connectivity index (χ4n) is 3.08. The van der Waals surface area contributed by atoms with Crippen LogP contribution in [0.25, 0.3) is 10.2 Å². The largest absolute Gasteiger partial charge is 0.495 e. The van der Waals surface area contributed by atoms with E-state index in [0.717, 1.165) is 11.3 Å². The van der Waals surface area contributed by atoms with Gasteiger partial charge < -0.3 is 10.1 Å². The minimum atomic E-state index is -0.425. The van der Waals surface area contributed by atoms with E-state index in [2.05, 4.69) is 25.8 Å². The SMILES string of the molecule is COc1ccccc1NC(=O)c1sc2ncn(CC(=O)Nc3nnc(C)s3)c(=O)c2c1C. The maximum Gasteiger partial charge on any atom is 0.266 e. The predicted octanol–water partition coefficient (Wildman–Crippen LogP) is 2.83. The van der Waals surface area contributed by atoms with Crippen LogP contribution in [0.2, 0.25) is 0 Å². The van der Waals surface area contributed by atoms with Crippen molar-refractivity contribution in [2.24, 2.45) is 0 Å². The number of fused-ring (bicyclic) bond motifs is 1. The molecule has 0 aliphatic carbocycles. The minimum Gasteiger partial charge on any atom is -0.495 e. The number of hydrogen-bond donors (Lipinski definition) is 2. The van der Waals surface area contributed by atoms with E-state index in [4.69, 9.17) is 4.74 Å². The second-order valence-electron chi connectivity index (χ2n) is 6.74. The summed E-state index contributed by atoms with van der Waals surface area (Å²) in [6.45, 7) is 3.22. The van der Waals surface area contributed by atoms with E-state index in [1.54, 1.807) is 38.1 Å². The molecule has 4 aromatic rings. The maximum absolute atomic E-state index is 13.0. The first-order valence-electron chi connectivity index (χ1n) is 9.40. The minimum absolute atomic E-state index is 0.238. The molecule has 0 saturated heterocycles. The number of aryl methyl sites for hydroxylation is 2. The van der Waals surface area contributed by atoms with Crippen LogP contribution in [0.1, 0.15) is 20.2 Å². The molecule has 32 heavy (non-hydrogen) atoms. The molecule has 164 valence electrons. The molecule has 0 aliphatic heterocycles. The average molecular weight is 471 g/mol. The number of rotatable bonds is 6. The van der Waals surface area contributed by atoms with Crippen LogP contribution in [0.15, 0.2) is 35.4 Å². The number of nitrogens with one attached hydrogen (secondary N) is 2. The highest BCUT2D eigenvalue weighted by atomic mass is 32.1. The van der Waals surface area contributed by atoms with Gasteiger partial charge >= 0.3 is 0 Å². The number of anilines is 2. The highest BCUT2D eigenvalue weighted by Gasteiger charge is 2.21. The lowest BCUT2D eigenvalue weighted by Crippen LogP contribution is -2.27.